The second-order valence-corrected chi connectivity index (χ2v) is 6.74. The molecule has 1 unspecified atom stereocenters. The van der Waals surface area contributed by atoms with Gasteiger partial charge in [0.2, 0.25) is 0 Å². The third-order valence-electron chi connectivity index (χ3n) is 4.94. The van der Waals surface area contributed by atoms with Crippen LogP contribution in [0.25, 0.3) is 0 Å². The number of nitrogens with one attached hydrogen (secondary N) is 1. The molecule has 1 spiro atoms. The molecule has 0 aliphatic carbocycles. The monoisotopic (exact) mass is 341 g/mol. The lowest BCUT2D eigenvalue weighted by atomic mass is 9.87. The maximum Gasteiger partial charge on any atom is 0.194 e. The Kier molecular flexibility index (Phi) is 5.83. The van der Waals surface area contributed by atoms with Gasteiger partial charge in [-0.25, -0.2) is 4.99 Å². The number of guanidine groups is 1. The quantitative estimate of drug-likeness (QED) is 0.507. The van der Waals surface area contributed by atoms with E-state index in [1.807, 2.05) is 24.3 Å². The summed E-state index contributed by atoms with van der Waals surface area (Å²) in [6.45, 7) is 7.63. The average molecular weight is 341 g/mol. The molecule has 134 valence electrons. The van der Waals surface area contributed by atoms with Crippen LogP contribution in [0.4, 0.5) is 0 Å². The minimum absolute atomic E-state index is 0.273. The molecule has 0 radical (unpaired) electrons. The molecule has 1 aromatic rings. The molecule has 3 rings (SSSR count). The molecule has 0 saturated carbocycles. The van der Waals surface area contributed by atoms with E-state index in [9.17, 15) is 0 Å². The normalized spacial score (nSPS) is 23.0. The van der Waals surface area contributed by atoms with E-state index in [1.165, 1.54) is 6.42 Å². The molecule has 0 amide bonds. The molecule has 1 N–H and O–H groups in total. The number of nitrogens with zero attached hydrogens (tertiary/aromatic N) is 2. The molecule has 2 aliphatic rings. The Hall–Kier alpha value is -2.19. The van der Waals surface area contributed by atoms with Crippen molar-refractivity contribution in [1.82, 2.24) is 10.2 Å². The van der Waals surface area contributed by atoms with Crippen molar-refractivity contribution in [3.05, 3.63) is 29.8 Å². The summed E-state index contributed by atoms with van der Waals surface area (Å²) < 4.78 is 11.3. The van der Waals surface area contributed by atoms with Crippen LogP contribution in [0.15, 0.2) is 29.3 Å². The standard InChI is InChI=1S/C20H27N3O2/c1-3-12-25-18-8-6-5-7-17(18)14-22-19(21-4-2)23-11-9-20(15-23)10-13-24-16-20/h1,5-8H,4,9-16H2,2H3,(H,21,22). The first-order valence-corrected chi connectivity index (χ1v) is 9.01. The Bertz CT molecular complexity index is 645. The van der Waals surface area contributed by atoms with E-state index in [0.717, 1.165) is 56.5 Å². The highest BCUT2D eigenvalue weighted by Crippen LogP contribution is 2.38. The molecule has 5 heteroatoms. The number of terminal acetylenes is 1. The largest absolute Gasteiger partial charge is 0.481 e. The molecule has 2 saturated heterocycles. The van der Waals surface area contributed by atoms with Gasteiger partial charge in [0.05, 0.1) is 13.2 Å². The summed E-state index contributed by atoms with van der Waals surface area (Å²) in [5, 5.41) is 3.43. The number of rotatable bonds is 5. The maximum absolute atomic E-state index is 5.63. The number of ether oxygens (including phenoxy) is 2. The third-order valence-corrected chi connectivity index (χ3v) is 4.94. The van der Waals surface area contributed by atoms with Crippen LogP contribution in [0.1, 0.15) is 25.3 Å². The summed E-state index contributed by atoms with van der Waals surface area (Å²) in [7, 11) is 0. The lowest BCUT2D eigenvalue weighted by molar-refractivity contribution is 0.156. The van der Waals surface area contributed by atoms with E-state index in [0.29, 0.717) is 12.0 Å². The Morgan fingerprint density at radius 1 is 1.44 bits per heavy atom. The first-order valence-electron chi connectivity index (χ1n) is 9.01. The molecule has 25 heavy (non-hydrogen) atoms. The number of hydrogen-bond donors (Lipinski definition) is 1. The van der Waals surface area contributed by atoms with Gasteiger partial charge in [-0.3, -0.25) is 0 Å². The van der Waals surface area contributed by atoms with Crippen LogP contribution in [-0.4, -0.2) is 50.3 Å². The van der Waals surface area contributed by atoms with Crippen molar-refractivity contribution in [2.45, 2.75) is 26.3 Å². The lowest BCUT2D eigenvalue weighted by Crippen LogP contribution is -2.41. The zero-order valence-electron chi connectivity index (χ0n) is 15.0. The molecule has 5 nitrogen and oxygen atoms in total. The van der Waals surface area contributed by atoms with Crippen LogP contribution in [0.5, 0.6) is 5.75 Å². The summed E-state index contributed by atoms with van der Waals surface area (Å²) in [6.07, 6.45) is 7.64. The Balaban J connectivity index is 1.70. The van der Waals surface area contributed by atoms with Crippen molar-refractivity contribution < 1.29 is 9.47 Å². The minimum Gasteiger partial charge on any atom is -0.481 e. The summed E-state index contributed by atoms with van der Waals surface area (Å²) in [5.74, 6) is 4.29. The molecule has 0 bridgehead atoms. The van der Waals surface area contributed by atoms with E-state index in [1.54, 1.807) is 0 Å². The third kappa shape index (κ3) is 4.26. The van der Waals surface area contributed by atoms with Gasteiger partial charge in [-0.1, -0.05) is 24.1 Å². The predicted molar refractivity (Wildman–Crippen MR) is 99.6 cm³/mol. The molecule has 1 atom stereocenters. The Morgan fingerprint density at radius 3 is 3.08 bits per heavy atom. The summed E-state index contributed by atoms with van der Waals surface area (Å²) in [5.41, 5.74) is 1.37. The highest BCUT2D eigenvalue weighted by atomic mass is 16.5. The van der Waals surface area contributed by atoms with Gasteiger partial charge in [0.15, 0.2) is 5.96 Å². The molecular weight excluding hydrogens is 314 g/mol. The predicted octanol–water partition coefficient (Wildman–Crippen LogP) is 2.28. The maximum atomic E-state index is 5.63. The van der Waals surface area contributed by atoms with Crippen LogP contribution in [0, 0.1) is 17.8 Å². The SMILES string of the molecule is C#CCOc1ccccc1CN=C(NCC)N1CCC2(CCOC2)C1. The Morgan fingerprint density at radius 2 is 2.32 bits per heavy atom. The molecule has 2 aliphatic heterocycles. The Labute approximate surface area is 150 Å². The van der Waals surface area contributed by atoms with Crippen molar-refractivity contribution >= 4 is 5.96 Å². The second kappa shape index (κ2) is 8.26. The van der Waals surface area contributed by atoms with Crippen LogP contribution in [-0.2, 0) is 11.3 Å². The van der Waals surface area contributed by atoms with E-state index in [4.69, 9.17) is 20.9 Å². The van der Waals surface area contributed by atoms with Crippen molar-refractivity contribution in [2.24, 2.45) is 10.4 Å². The molecule has 2 fully saturated rings. The van der Waals surface area contributed by atoms with Crippen molar-refractivity contribution in [3.8, 4) is 18.1 Å². The van der Waals surface area contributed by atoms with E-state index in [2.05, 4.69) is 23.1 Å². The van der Waals surface area contributed by atoms with Gasteiger partial charge in [-0.2, -0.15) is 0 Å². The minimum atomic E-state index is 0.273. The van der Waals surface area contributed by atoms with Gasteiger partial charge in [0, 0.05) is 37.2 Å². The van der Waals surface area contributed by atoms with Crippen LogP contribution in [0.3, 0.4) is 0 Å². The fourth-order valence-corrected chi connectivity index (χ4v) is 3.57. The number of aliphatic imine (C=N–C) groups is 1. The summed E-state index contributed by atoms with van der Waals surface area (Å²) >= 11 is 0. The van der Waals surface area contributed by atoms with Gasteiger partial charge in [-0.05, 0) is 25.8 Å². The van der Waals surface area contributed by atoms with Gasteiger partial charge >= 0.3 is 0 Å². The molecule has 0 aromatic heterocycles. The summed E-state index contributed by atoms with van der Waals surface area (Å²) in [6, 6.07) is 7.93. The lowest BCUT2D eigenvalue weighted by Gasteiger charge is -2.25. The van der Waals surface area contributed by atoms with Gasteiger partial charge < -0.3 is 19.7 Å². The zero-order valence-corrected chi connectivity index (χ0v) is 15.0. The second-order valence-electron chi connectivity index (χ2n) is 6.74. The van der Waals surface area contributed by atoms with E-state index in [-0.39, 0.29) is 6.61 Å². The van der Waals surface area contributed by atoms with Gasteiger partial charge in [0.25, 0.3) is 0 Å². The van der Waals surface area contributed by atoms with Crippen molar-refractivity contribution in [2.75, 3.05) is 39.5 Å². The smallest absolute Gasteiger partial charge is 0.194 e. The highest BCUT2D eigenvalue weighted by molar-refractivity contribution is 5.80. The zero-order chi connectivity index (χ0) is 17.5. The first kappa shape index (κ1) is 17.6. The van der Waals surface area contributed by atoms with Crippen LogP contribution < -0.4 is 10.1 Å². The van der Waals surface area contributed by atoms with Gasteiger partial charge in [-0.15, -0.1) is 6.42 Å². The fourth-order valence-electron chi connectivity index (χ4n) is 3.57. The van der Waals surface area contributed by atoms with E-state index >= 15 is 0 Å². The number of hydrogen-bond acceptors (Lipinski definition) is 3. The van der Waals surface area contributed by atoms with Crippen molar-refractivity contribution in [3.63, 3.8) is 0 Å². The highest BCUT2D eigenvalue weighted by Gasteiger charge is 2.42. The molecule has 2 heterocycles. The van der Waals surface area contributed by atoms with E-state index < -0.39 is 0 Å². The van der Waals surface area contributed by atoms with Crippen molar-refractivity contribution in [1.29, 1.82) is 0 Å². The van der Waals surface area contributed by atoms with Crippen LogP contribution >= 0.6 is 0 Å². The fraction of sp³-hybridized carbons (Fsp3) is 0.550. The number of benzene rings is 1. The number of para-hydroxylation sites is 1. The summed E-state index contributed by atoms with van der Waals surface area (Å²) in [4.78, 5) is 7.21. The average Bonchev–Trinajstić information content (AvgIpc) is 3.27. The first-order chi connectivity index (χ1) is 12.3. The van der Waals surface area contributed by atoms with Gasteiger partial charge in [0.1, 0.15) is 12.4 Å². The van der Waals surface area contributed by atoms with Crippen LogP contribution in [0.2, 0.25) is 0 Å². The number of likely N-dealkylation sites (tertiary alicyclic amines) is 1. The topological polar surface area (TPSA) is 46.1 Å². The molecular formula is C20H27N3O2. The molecule has 1 aromatic carbocycles.